The number of hydrogen-bond donors (Lipinski definition) is 1. The van der Waals surface area contributed by atoms with Crippen LogP contribution in [-0.4, -0.2) is 31.8 Å². The number of nitrogens with one attached hydrogen (secondary N) is 1. The molecule has 2 rings (SSSR count). The molecule has 0 heterocycles. The van der Waals surface area contributed by atoms with Gasteiger partial charge in [-0.05, 0) is 36.2 Å². The van der Waals surface area contributed by atoms with Crippen LogP contribution in [0.3, 0.4) is 0 Å². The molecular formula is C18H18N2O4. The molecule has 0 saturated heterocycles. The molecule has 0 aliphatic carbocycles. The summed E-state index contributed by atoms with van der Waals surface area (Å²) in [4.78, 5) is 23.0. The third-order valence-corrected chi connectivity index (χ3v) is 3.19. The Bertz CT molecular complexity index is 739. The number of hydrogen-bond acceptors (Lipinski definition) is 5. The van der Waals surface area contributed by atoms with Gasteiger partial charge in [-0.3, -0.25) is 4.79 Å². The van der Waals surface area contributed by atoms with Gasteiger partial charge in [0.25, 0.3) is 5.91 Å². The van der Waals surface area contributed by atoms with E-state index in [0.717, 1.165) is 11.1 Å². The standard InChI is InChI=1S/C18H18N2O4/c1-13-5-3-4-6-16(13)24-12-17(21)20-19-11-14-7-9-15(10-8-14)18(22)23-2/h3-11H,12H2,1-2H3,(H,20,21)/b19-11+. The van der Waals surface area contributed by atoms with Crippen LogP contribution in [-0.2, 0) is 9.53 Å². The van der Waals surface area contributed by atoms with E-state index in [-0.39, 0.29) is 12.5 Å². The van der Waals surface area contributed by atoms with Crippen LogP contribution >= 0.6 is 0 Å². The number of carbonyl (C=O) groups excluding carboxylic acids is 2. The summed E-state index contributed by atoms with van der Waals surface area (Å²) >= 11 is 0. The molecule has 2 aromatic rings. The van der Waals surface area contributed by atoms with Crippen LogP contribution in [0, 0.1) is 6.92 Å². The van der Waals surface area contributed by atoms with E-state index >= 15 is 0 Å². The van der Waals surface area contributed by atoms with E-state index in [1.54, 1.807) is 30.3 Å². The molecule has 1 amide bonds. The summed E-state index contributed by atoms with van der Waals surface area (Å²) in [6.45, 7) is 1.78. The van der Waals surface area contributed by atoms with E-state index in [2.05, 4.69) is 15.3 Å². The highest BCUT2D eigenvalue weighted by atomic mass is 16.5. The van der Waals surface area contributed by atoms with Crippen LogP contribution in [0.5, 0.6) is 5.75 Å². The van der Waals surface area contributed by atoms with Gasteiger partial charge < -0.3 is 9.47 Å². The molecule has 0 saturated carbocycles. The van der Waals surface area contributed by atoms with Gasteiger partial charge >= 0.3 is 5.97 Å². The van der Waals surface area contributed by atoms with Gasteiger partial charge in [0.2, 0.25) is 0 Å². The smallest absolute Gasteiger partial charge is 0.337 e. The molecule has 2 aromatic carbocycles. The third-order valence-electron chi connectivity index (χ3n) is 3.19. The predicted octanol–water partition coefficient (Wildman–Crippen LogP) is 2.31. The van der Waals surface area contributed by atoms with Crippen LogP contribution in [0.1, 0.15) is 21.5 Å². The molecule has 24 heavy (non-hydrogen) atoms. The van der Waals surface area contributed by atoms with Crippen molar-refractivity contribution in [2.24, 2.45) is 5.10 Å². The van der Waals surface area contributed by atoms with Crippen molar-refractivity contribution in [3.63, 3.8) is 0 Å². The molecule has 0 fully saturated rings. The average Bonchev–Trinajstić information content (AvgIpc) is 2.61. The summed E-state index contributed by atoms with van der Waals surface area (Å²) in [7, 11) is 1.33. The van der Waals surface area contributed by atoms with E-state index in [1.807, 2.05) is 25.1 Å². The van der Waals surface area contributed by atoms with Gasteiger partial charge in [0.15, 0.2) is 6.61 Å². The highest BCUT2D eigenvalue weighted by Gasteiger charge is 2.04. The predicted molar refractivity (Wildman–Crippen MR) is 90.2 cm³/mol. The van der Waals surface area contributed by atoms with Crippen LogP contribution < -0.4 is 10.2 Å². The average molecular weight is 326 g/mol. The number of hydrazone groups is 1. The second-order valence-corrected chi connectivity index (χ2v) is 4.96. The molecule has 0 unspecified atom stereocenters. The lowest BCUT2D eigenvalue weighted by molar-refractivity contribution is -0.123. The lowest BCUT2D eigenvalue weighted by Gasteiger charge is -2.07. The summed E-state index contributed by atoms with van der Waals surface area (Å²) < 4.78 is 10.0. The zero-order chi connectivity index (χ0) is 17.4. The number of rotatable bonds is 6. The zero-order valence-electron chi connectivity index (χ0n) is 13.5. The number of amides is 1. The number of nitrogens with zero attached hydrogens (tertiary/aromatic N) is 1. The normalized spacial score (nSPS) is 10.4. The van der Waals surface area contributed by atoms with Gasteiger partial charge in [0, 0.05) is 0 Å². The molecule has 0 spiro atoms. The molecule has 0 aliphatic rings. The SMILES string of the molecule is COC(=O)c1ccc(/C=N/NC(=O)COc2ccccc2C)cc1. The summed E-state index contributed by atoms with van der Waals surface area (Å²) in [6, 6.07) is 14.1. The van der Waals surface area contributed by atoms with Gasteiger partial charge in [0.1, 0.15) is 5.75 Å². The second-order valence-electron chi connectivity index (χ2n) is 4.96. The Morgan fingerprint density at radius 3 is 2.50 bits per heavy atom. The van der Waals surface area contributed by atoms with Crippen molar-refractivity contribution >= 4 is 18.1 Å². The van der Waals surface area contributed by atoms with E-state index in [9.17, 15) is 9.59 Å². The summed E-state index contributed by atoms with van der Waals surface area (Å²) in [5, 5.41) is 3.85. The largest absolute Gasteiger partial charge is 0.483 e. The fraction of sp³-hybridized carbons (Fsp3) is 0.167. The minimum absolute atomic E-state index is 0.122. The number of para-hydroxylation sites is 1. The van der Waals surface area contributed by atoms with Crippen LogP contribution in [0.15, 0.2) is 53.6 Å². The molecule has 1 N–H and O–H groups in total. The number of aryl methyl sites for hydroxylation is 1. The Balaban J connectivity index is 1.82. The number of benzene rings is 2. The topological polar surface area (TPSA) is 77.0 Å². The van der Waals surface area contributed by atoms with Crippen molar-refractivity contribution in [2.45, 2.75) is 6.92 Å². The van der Waals surface area contributed by atoms with E-state index < -0.39 is 5.97 Å². The van der Waals surface area contributed by atoms with Crippen molar-refractivity contribution < 1.29 is 19.1 Å². The Hall–Kier alpha value is -3.15. The first-order valence-corrected chi connectivity index (χ1v) is 7.29. The van der Waals surface area contributed by atoms with Gasteiger partial charge in [-0.2, -0.15) is 5.10 Å². The first-order valence-electron chi connectivity index (χ1n) is 7.29. The minimum atomic E-state index is -0.403. The Morgan fingerprint density at radius 2 is 1.83 bits per heavy atom. The summed E-state index contributed by atoms with van der Waals surface area (Å²) in [6.07, 6.45) is 1.48. The fourth-order valence-electron chi connectivity index (χ4n) is 1.90. The van der Waals surface area contributed by atoms with E-state index in [4.69, 9.17) is 4.74 Å². The van der Waals surface area contributed by atoms with Crippen molar-refractivity contribution in [3.8, 4) is 5.75 Å². The van der Waals surface area contributed by atoms with E-state index in [1.165, 1.54) is 13.3 Å². The minimum Gasteiger partial charge on any atom is -0.483 e. The number of carbonyl (C=O) groups is 2. The van der Waals surface area contributed by atoms with Crippen molar-refractivity contribution in [1.82, 2.24) is 5.43 Å². The van der Waals surface area contributed by atoms with Crippen LogP contribution in [0.25, 0.3) is 0 Å². The maximum atomic E-state index is 11.7. The Kier molecular flexibility index (Phi) is 6.08. The number of methoxy groups -OCH3 is 1. The van der Waals surface area contributed by atoms with Gasteiger partial charge in [-0.1, -0.05) is 30.3 Å². The Morgan fingerprint density at radius 1 is 1.12 bits per heavy atom. The van der Waals surface area contributed by atoms with Gasteiger partial charge in [-0.25, -0.2) is 10.2 Å². The highest BCUT2D eigenvalue weighted by molar-refractivity contribution is 5.90. The van der Waals surface area contributed by atoms with Crippen molar-refractivity contribution in [1.29, 1.82) is 0 Å². The lowest BCUT2D eigenvalue weighted by atomic mass is 10.1. The zero-order valence-corrected chi connectivity index (χ0v) is 13.5. The molecule has 6 nitrogen and oxygen atoms in total. The summed E-state index contributed by atoms with van der Waals surface area (Å²) in [5.41, 5.74) is 4.53. The highest BCUT2D eigenvalue weighted by Crippen LogP contribution is 2.15. The van der Waals surface area contributed by atoms with Crippen LogP contribution in [0.4, 0.5) is 0 Å². The monoisotopic (exact) mass is 326 g/mol. The maximum absolute atomic E-state index is 11.7. The molecule has 6 heteroatoms. The molecule has 0 radical (unpaired) electrons. The number of esters is 1. The van der Waals surface area contributed by atoms with Crippen molar-refractivity contribution in [2.75, 3.05) is 13.7 Å². The van der Waals surface area contributed by atoms with Gasteiger partial charge in [0.05, 0.1) is 18.9 Å². The molecule has 0 aromatic heterocycles. The first-order chi connectivity index (χ1) is 11.6. The van der Waals surface area contributed by atoms with E-state index in [0.29, 0.717) is 11.3 Å². The second kappa shape index (κ2) is 8.47. The van der Waals surface area contributed by atoms with Crippen molar-refractivity contribution in [3.05, 3.63) is 65.2 Å². The molecule has 0 atom stereocenters. The molecule has 124 valence electrons. The quantitative estimate of drug-likeness (QED) is 0.502. The Labute approximate surface area is 140 Å². The van der Waals surface area contributed by atoms with Gasteiger partial charge in [-0.15, -0.1) is 0 Å². The molecule has 0 bridgehead atoms. The first kappa shape index (κ1) is 17.2. The summed E-state index contributed by atoms with van der Waals surface area (Å²) in [5.74, 6) is -0.101. The third kappa shape index (κ3) is 4.95. The maximum Gasteiger partial charge on any atom is 0.337 e. The number of ether oxygens (including phenoxy) is 2. The lowest BCUT2D eigenvalue weighted by Crippen LogP contribution is -2.24. The molecular weight excluding hydrogens is 308 g/mol. The fourth-order valence-corrected chi connectivity index (χ4v) is 1.90. The molecule has 0 aliphatic heterocycles. The van der Waals surface area contributed by atoms with Crippen LogP contribution in [0.2, 0.25) is 0 Å².